The van der Waals surface area contributed by atoms with E-state index in [1.54, 1.807) is 35.6 Å². The van der Waals surface area contributed by atoms with Gasteiger partial charge in [0.1, 0.15) is 17.2 Å². The standard InChI is InChI=1S/C34H37F5O4S/c1-23(7-5-18-33(35,36)34(37,38)39)6-3-2-4-19-43-28-15-8-24(9-16-28)21-42-22-30-29-17-14-27(41)20-31(29)44-32(30)25-10-12-26(40)13-11-25/h8-17,20,23,40-41H,2-7,18-19,21-22H2,1H3. The van der Waals surface area contributed by atoms with Crippen LogP contribution in [-0.2, 0) is 18.0 Å². The molecule has 44 heavy (non-hydrogen) atoms. The Morgan fingerprint density at radius 1 is 0.773 bits per heavy atom. The smallest absolute Gasteiger partial charge is 0.453 e. The number of phenols is 2. The molecular formula is C34H37F5O4S. The molecule has 0 spiro atoms. The zero-order chi connectivity index (χ0) is 31.7. The second kappa shape index (κ2) is 15.1. The van der Waals surface area contributed by atoms with Gasteiger partial charge in [0.15, 0.2) is 0 Å². The van der Waals surface area contributed by atoms with E-state index in [9.17, 15) is 32.2 Å². The molecule has 238 valence electrons. The van der Waals surface area contributed by atoms with Crippen molar-refractivity contribution in [2.45, 2.75) is 77.2 Å². The van der Waals surface area contributed by atoms with Crippen LogP contribution in [0.5, 0.6) is 17.2 Å². The molecule has 0 saturated heterocycles. The van der Waals surface area contributed by atoms with Gasteiger partial charge in [0.05, 0.1) is 19.8 Å². The molecule has 0 aliphatic heterocycles. The van der Waals surface area contributed by atoms with E-state index in [0.717, 1.165) is 63.1 Å². The maximum atomic E-state index is 13.0. The summed E-state index contributed by atoms with van der Waals surface area (Å²) in [5.74, 6) is -3.37. The third-order valence-electron chi connectivity index (χ3n) is 7.56. The van der Waals surface area contributed by atoms with Crippen molar-refractivity contribution in [3.63, 3.8) is 0 Å². The van der Waals surface area contributed by atoms with E-state index >= 15 is 0 Å². The van der Waals surface area contributed by atoms with Crippen molar-refractivity contribution in [3.05, 3.63) is 77.9 Å². The van der Waals surface area contributed by atoms with Gasteiger partial charge in [-0.15, -0.1) is 11.3 Å². The van der Waals surface area contributed by atoms with E-state index in [1.807, 2.05) is 49.4 Å². The van der Waals surface area contributed by atoms with Crippen molar-refractivity contribution in [1.82, 2.24) is 0 Å². The van der Waals surface area contributed by atoms with E-state index in [2.05, 4.69) is 0 Å². The number of benzene rings is 3. The second-order valence-electron chi connectivity index (χ2n) is 11.2. The topological polar surface area (TPSA) is 58.9 Å². The summed E-state index contributed by atoms with van der Waals surface area (Å²) in [5, 5.41) is 20.7. The number of fused-ring (bicyclic) bond motifs is 1. The molecular weight excluding hydrogens is 599 g/mol. The van der Waals surface area contributed by atoms with Crippen LogP contribution in [0.2, 0.25) is 0 Å². The van der Waals surface area contributed by atoms with E-state index in [0.29, 0.717) is 26.2 Å². The monoisotopic (exact) mass is 636 g/mol. The number of hydrogen-bond acceptors (Lipinski definition) is 5. The van der Waals surface area contributed by atoms with Crippen LogP contribution in [0, 0.1) is 5.92 Å². The highest BCUT2D eigenvalue weighted by Gasteiger charge is 2.56. The van der Waals surface area contributed by atoms with Crippen LogP contribution in [0.15, 0.2) is 66.7 Å². The lowest BCUT2D eigenvalue weighted by molar-refractivity contribution is -0.284. The Balaban J connectivity index is 1.17. The van der Waals surface area contributed by atoms with E-state index in [1.165, 1.54) is 0 Å². The van der Waals surface area contributed by atoms with Crippen LogP contribution in [0.25, 0.3) is 20.5 Å². The maximum absolute atomic E-state index is 13.0. The van der Waals surface area contributed by atoms with Crippen LogP contribution in [0.4, 0.5) is 22.0 Å². The van der Waals surface area contributed by atoms with Crippen molar-refractivity contribution in [3.8, 4) is 27.7 Å². The summed E-state index contributed by atoms with van der Waals surface area (Å²) >= 11 is 1.57. The summed E-state index contributed by atoms with van der Waals surface area (Å²) in [4.78, 5) is 1.02. The van der Waals surface area contributed by atoms with Crippen LogP contribution in [0.3, 0.4) is 0 Å². The first-order valence-corrected chi connectivity index (χ1v) is 15.5. The molecule has 0 aliphatic carbocycles. The number of aromatic hydroxyl groups is 2. The average Bonchev–Trinajstić information content (AvgIpc) is 3.32. The van der Waals surface area contributed by atoms with Crippen LogP contribution >= 0.6 is 11.3 Å². The van der Waals surface area contributed by atoms with Gasteiger partial charge >= 0.3 is 12.1 Å². The van der Waals surface area contributed by atoms with Gasteiger partial charge in [0.25, 0.3) is 0 Å². The molecule has 1 aromatic heterocycles. The predicted octanol–water partition coefficient (Wildman–Crippen LogP) is 10.6. The van der Waals surface area contributed by atoms with Gasteiger partial charge < -0.3 is 19.7 Å². The number of rotatable bonds is 16. The van der Waals surface area contributed by atoms with E-state index < -0.39 is 18.5 Å². The Hall–Kier alpha value is -3.37. The lowest BCUT2D eigenvalue weighted by Gasteiger charge is -2.20. The van der Waals surface area contributed by atoms with E-state index in [4.69, 9.17) is 9.47 Å². The van der Waals surface area contributed by atoms with Crippen molar-refractivity contribution in [2.24, 2.45) is 5.92 Å². The van der Waals surface area contributed by atoms with Crippen molar-refractivity contribution < 1.29 is 41.6 Å². The van der Waals surface area contributed by atoms with Gasteiger partial charge in [0.2, 0.25) is 0 Å². The summed E-state index contributed by atoms with van der Waals surface area (Å²) in [7, 11) is 0. The number of halogens is 5. The quantitative estimate of drug-likeness (QED) is 0.0949. The van der Waals surface area contributed by atoms with Crippen molar-refractivity contribution >= 4 is 21.4 Å². The highest BCUT2D eigenvalue weighted by molar-refractivity contribution is 7.22. The molecule has 1 heterocycles. The minimum Gasteiger partial charge on any atom is -0.508 e. The first kappa shape index (κ1) is 33.5. The summed E-state index contributed by atoms with van der Waals surface area (Å²) in [6.07, 6.45) is -3.06. The van der Waals surface area contributed by atoms with Crippen molar-refractivity contribution in [1.29, 1.82) is 0 Å². The lowest BCUT2D eigenvalue weighted by atomic mass is 9.96. The summed E-state index contributed by atoms with van der Waals surface area (Å²) in [6, 6.07) is 20.0. The number of phenolic OH excluding ortho intramolecular Hbond substituents is 2. The Bertz CT molecular complexity index is 1470. The van der Waals surface area contributed by atoms with Gasteiger partial charge in [-0.25, -0.2) is 0 Å². The average molecular weight is 637 g/mol. The Labute approximate surface area is 258 Å². The third-order valence-corrected chi connectivity index (χ3v) is 8.80. The Kier molecular flexibility index (Phi) is 11.5. The zero-order valence-electron chi connectivity index (χ0n) is 24.5. The number of ether oxygens (including phenoxy) is 2. The molecule has 0 bridgehead atoms. The predicted molar refractivity (Wildman–Crippen MR) is 164 cm³/mol. The molecule has 0 aliphatic rings. The lowest BCUT2D eigenvalue weighted by Crippen LogP contribution is -2.36. The molecule has 1 atom stereocenters. The van der Waals surface area contributed by atoms with Gasteiger partial charge in [-0.2, -0.15) is 22.0 Å². The Morgan fingerprint density at radius 2 is 1.45 bits per heavy atom. The second-order valence-corrected chi connectivity index (χ2v) is 12.2. The Morgan fingerprint density at radius 3 is 2.16 bits per heavy atom. The maximum Gasteiger partial charge on any atom is 0.453 e. The highest BCUT2D eigenvalue weighted by Crippen LogP contribution is 2.41. The minimum absolute atomic E-state index is 0.0981. The fourth-order valence-corrected chi connectivity index (χ4v) is 6.25. The molecule has 0 amide bonds. The number of hydrogen-bond donors (Lipinski definition) is 2. The van der Waals surface area contributed by atoms with Gasteiger partial charge in [0, 0.05) is 21.6 Å². The molecule has 4 nitrogen and oxygen atoms in total. The summed E-state index contributed by atoms with van der Waals surface area (Å²) in [5.41, 5.74) is 2.97. The minimum atomic E-state index is -5.47. The normalized spacial score (nSPS) is 13.0. The van der Waals surface area contributed by atoms with Crippen LogP contribution in [-0.4, -0.2) is 28.9 Å². The molecule has 0 radical (unpaired) electrons. The molecule has 2 N–H and O–H groups in total. The molecule has 1 unspecified atom stereocenters. The number of unbranched alkanes of at least 4 members (excludes halogenated alkanes) is 2. The molecule has 4 rings (SSSR count). The fourth-order valence-electron chi connectivity index (χ4n) is 5.00. The first-order valence-electron chi connectivity index (χ1n) is 14.7. The van der Waals surface area contributed by atoms with Gasteiger partial charge in [-0.1, -0.05) is 44.7 Å². The fraction of sp³-hybridized carbons (Fsp3) is 0.412. The largest absolute Gasteiger partial charge is 0.508 e. The summed E-state index contributed by atoms with van der Waals surface area (Å²) in [6.45, 7) is 3.19. The first-order chi connectivity index (χ1) is 20.9. The van der Waals surface area contributed by atoms with Crippen molar-refractivity contribution in [2.75, 3.05) is 6.61 Å². The van der Waals surface area contributed by atoms with Crippen LogP contribution in [0.1, 0.15) is 63.0 Å². The molecule has 10 heteroatoms. The van der Waals surface area contributed by atoms with Gasteiger partial charge in [-0.05, 0) is 89.9 Å². The third kappa shape index (κ3) is 9.32. The molecule has 0 fully saturated rings. The molecule has 3 aromatic carbocycles. The molecule has 0 saturated carbocycles. The van der Waals surface area contributed by atoms with E-state index in [-0.39, 0.29) is 23.8 Å². The summed E-state index contributed by atoms with van der Waals surface area (Å²) < 4.78 is 75.7. The zero-order valence-corrected chi connectivity index (χ0v) is 25.3. The molecule has 4 aromatic rings. The highest BCUT2D eigenvalue weighted by atomic mass is 32.1. The van der Waals surface area contributed by atoms with Crippen LogP contribution < -0.4 is 4.74 Å². The van der Waals surface area contributed by atoms with Gasteiger partial charge in [-0.3, -0.25) is 0 Å². The number of alkyl halides is 5. The number of thiophene rings is 1. The SMILES string of the molecule is CC(CCCCCOc1ccc(COCc2c(-c3ccc(O)cc3)sc3cc(O)ccc23)cc1)CCCC(F)(F)C(F)(F)F.